The van der Waals surface area contributed by atoms with Crippen LogP contribution in [0.15, 0.2) is 0 Å². The summed E-state index contributed by atoms with van der Waals surface area (Å²) in [6.45, 7) is 3.16. The Bertz CT molecular complexity index is 280. The molecule has 1 N–H and O–H groups in total. The Labute approximate surface area is 122 Å². The van der Waals surface area contributed by atoms with E-state index in [0.717, 1.165) is 19.3 Å². The lowest BCUT2D eigenvalue weighted by atomic mass is 10.1. The molecular weight excluding hydrogens is 256 g/mol. The van der Waals surface area contributed by atoms with E-state index in [1.165, 1.54) is 24.2 Å². The molecule has 5 heteroatoms. The van der Waals surface area contributed by atoms with Crippen molar-refractivity contribution in [3.63, 3.8) is 0 Å². The second kappa shape index (κ2) is 11.7. The van der Waals surface area contributed by atoms with Gasteiger partial charge < -0.3 is 14.9 Å². The Hall–Kier alpha value is -1.10. The van der Waals surface area contributed by atoms with Crippen LogP contribution in [0.2, 0.25) is 0 Å². The number of rotatable bonds is 12. The van der Waals surface area contributed by atoms with Gasteiger partial charge in [0.2, 0.25) is 5.91 Å². The Morgan fingerprint density at radius 3 is 2.10 bits per heavy atom. The maximum atomic E-state index is 12.0. The molecule has 0 saturated carbocycles. The molecule has 5 nitrogen and oxygen atoms in total. The van der Waals surface area contributed by atoms with Crippen molar-refractivity contribution in [3.8, 4) is 0 Å². The number of carboxylic acids is 1. The van der Waals surface area contributed by atoms with E-state index in [4.69, 9.17) is 5.11 Å². The summed E-state index contributed by atoms with van der Waals surface area (Å²) in [7, 11) is 3.83. The maximum absolute atomic E-state index is 12.0. The first-order valence-electron chi connectivity index (χ1n) is 7.61. The third-order valence-corrected chi connectivity index (χ3v) is 3.24. The lowest BCUT2D eigenvalue weighted by Gasteiger charge is -2.22. The van der Waals surface area contributed by atoms with Gasteiger partial charge in [-0.05, 0) is 20.5 Å². The molecular formula is C15H30N2O3. The number of aliphatic carboxylic acids is 1. The lowest BCUT2D eigenvalue weighted by molar-refractivity contribution is -0.144. The third kappa shape index (κ3) is 10.8. The van der Waals surface area contributed by atoms with Gasteiger partial charge in [0.1, 0.15) is 6.54 Å². The van der Waals surface area contributed by atoms with Gasteiger partial charge in [-0.25, -0.2) is 0 Å². The third-order valence-electron chi connectivity index (χ3n) is 3.24. The first-order valence-corrected chi connectivity index (χ1v) is 7.61. The summed E-state index contributed by atoms with van der Waals surface area (Å²) >= 11 is 0. The first-order chi connectivity index (χ1) is 9.47. The van der Waals surface area contributed by atoms with E-state index in [9.17, 15) is 9.59 Å². The molecule has 0 atom stereocenters. The predicted octanol–water partition coefficient (Wildman–Crippen LogP) is 2.21. The van der Waals surface area contributed by atoms with Crippen molar-refractivity contribution in [2.75, 3.05) is 33.7 Å². The fraction of sp³-hybridized carbons (Fsp3) is 0.867. The summed E-state index contributed by atoms with van der Waals surface area (Å²) in [6, 6.07) is 0. The molecule has 0 heterocycles. The molecule has 0 aliphatic rings. The number of amides is 1. The quantitative estimate of drug-likeness (QED) is 0.559. The molecule has 1 amide bonds. The molecule has 20 heavy (non-hydrogen) atoms. The molecule has 0 rings (SSSR count). The highest BCUT2D eigenvalue weighted by Crippen LogP contribution is 2.08. The van der Waals surface area contributed by atoms with Gasteiger partial charge in [-0.15, -0.1) is 0 Å². The average molecular weight is 286 g/mol. The second-order valence-electron chi connectivity index (χ2n) is 5.53. The van der Waals surface area contributed by atoms with Gasteiger partial charge in [-0.2, -0.15) is 0 Å². The fourth-order valence-corrected chi connectivity index (χ4v) is 1.99. The van der Waals surface area contributed by atoms with E-state index < -0.39 is 5.97 Å². The van der Waals surface area contributed by atoms with Crippen LogP contribution in [0, 0.1) is 0 Å². The molecule has 0 aromatic carbocycles. The number of carbonyl (C=O) groups is 2. The topological polar surface area (TPSA) is 60.9 Å². The summed E-state index contributed by atoms with van der Waals surface area (Å²) in [5.41, 5.74) is 0. The molecule has 0 bridgehead atoms. The molecule has 0 aromatic heterocycles. The number of hydrogen-bond donors (Lipinski definition) is 1. The second-order valence-corrected chi connectivity index (χ2v) is 5.53. The number of carbonyl (C=O) groups excluding carboxylic acids is 1. The number of carboxylic acid groups (broad SMARTS) is 1. The van der Waals surface area contributed by atoms with Crippen molar-refractivity contribution in [1.82, 2.24) is 9.80 Å². The van der Waals surface area contributed by atoms with Crippen LogP contribution in [0.3, 0.4) is 0 Å². The van der Waals surface area contributed by atoms with Crippen molar-refractivity contribution in [3.05, 3.63) is 0 Å². The van der Waals surface area contributed by atoms with Crippen molar-refractivity contribution >= 4 is 11.9 Å². The van der Waals surface area contributed by atoms with Crippen molar-refractivity contribution in [2.24, 2.45) is 0 Å². The van der Waals surface area contributed by atoms with Crippen LogP contribution >= 0.6 is 0 Å². The largest absolute Gasteiger partial charge is 0.480 e. The van der Waals surface area contributed by atoms with Gasteiger partial charge in [-0.3, -0.25) is 9.59 Å². The van der Waals surface area contributed by atoms with Crippen LogP contribution in [0.4, 0.5) is 0 Å². The Morgan fingerprint density at radius 1 is 0.950 bits per heavy atom. The summed E-state index contributed by atoms with van der Waals surface area (Å²) in [5, 5.41) is 8.86. The van der Waals surface area contributed by atoms with Gasteiger partial charge in [0.15, 0.2) is 0 Å². The highest BCUT2D eigenvalue weighted by Gasteiger charge is 2.16. The monoisotopic (exact) mass is 286 g/mol. The molecule has 0 spiro atoms. The smallest absolute Gasteiger partial charge is 0.323 e. The summed E-state index contributed by atoms with van der Waals surface area (Å²) in [6.07, 6.45) is 7.24. The number of hydrogen-bond acceptors (Lipinski definition) is 3. The Morgan fingerprint density at radius 2 is 1.55 bits per heavy atom. The van der Waals surface area contributed by atoms with E-state index in [0.29, 0.717) is 19.5 Å². The lowest BCUT2D eigenvalue weighted by Crippen LogP contribution is -2.39. The Balaban J connectivity index is 3.97. The van der Waals surface area contributed by atoms with E-state index in [2.05, 4.69) is 6.92 Å². The van der Waals surface area contributed by atoms with Crippen LogP contribution in [-0.4, -0.2) is 60.5 Å². The SMILES string of the molecule is CCCCCCCCC(=O)N(CCN(C)C)CC(=O)O. The van der Waals surface area contributed by atoms with Gasteiger partial charge in [0.05, 0.1) is 0 Å². The van der Waals surface area contributed by atoms with E-state index in [-0.39, 0.29) is 12.5 Å². The van der Waals surface area contributed by atoms with Crippen molar-refractivity contribution in [1.29, 1.82) is 0 Å². The van der Waals surface area contributed by atoms with Gasteiger partial charge in [0, 0.05) is 19.5 Å². The molecule has 0 aliphatic carbocycles. The fourth-order valence-electron chi connectivity index (χ4n) is 1.99. The van der Waals surface area contributed by atoms with Crippen molar-refractivity contribution in [2.45, 2.75) is 51.9 Å². The predicted molar refractivity (Wildman–Crippen MR) is 80.8 cm³/mol. The number of unbranched alkanes of at least 4 members (excludes halogenated alkanes) is 5. The minimum absolute atomic E-state index is 0.0373. The number of nitrogens with zero attached hydrogens (tertiary/aromatic N) is 2. The number of likely N-dealkylation sites (N-methyl/N-ethyl adjacent to an activating group) is 1. The molecule has 0 unspecified atom stereocenters. The molecule has 0 radical (unpaired) electrons. The molecule has 0 aliphatic heterocycles. The molecule has 118 valence electrons. The van der Waals surface area contributed by atoms with Crippen LogP contribution in [-0.2, 0) is 9.59 Å². The minimum atomic E-state index is -0.944. The maximum Gasteiger partial charge on any atom is 0.323 e. The Kier molecular flexibility index (Phi) is 11.1. The van der Waals surface area contributed by atoms with Crippen LogP contribution in [0.1, 0.15) is 51.9 Å². The van der Waals surface area contributed by atoms with E-state index >= 15 is 0 Å². The zero-order valence-corrected chi connectivity index (χ0v) is 13.2. The molecule has 0 aromatic rings. The first kappa shape index (κ1) is 18.9. The standard InChI is InChI=1S/C15H30N2O3/c1-4-5-6-7-8-9-10-14(18)17(13-15(19)20)12-11-16(2)3/h4-13H2,1-3H3,(H,19,20). The van der Waals surface area contributed by atoms with Crippen LogP contribution in [0.25, 0.3) is 0 Å². The summed E-state index contributed by atoms with van der Waals surface area (Å²) < 4.78 is 0. The van der Waals surface area contributed by atoms with Crippen LogP contribution in [0.5, 0.6) is 0 Å². The summed E-state index contributed by atoms with van der Waals surface area (Å²) in [4.78, 5) is 26.2. The highest BCUT2D eigenvalue weighted by molar-refractivity contribution is 5.81. The zero-order valence-electron chi connectivity index (χ0n) is 13.2. The van der Waals surface area contributed by atoms with Gasteiger partial charge >= 0.3 is 5.97 Å². The highest BCUT2D eigenvalue weighted by atomic mass is 16.4. The minimum Gasteiger partial charge on any atom is -0.480 e. The molecule has 0 saturated heterocycles. The zero-order chi connectivity index (χ0) is 15.4. The van der Waals surface area contributed by atoms with E-state index in [1.54, 1.807) is 0 Å². The van der Waals surface area contributed by atoms with Gasteiger partial charge in [0.25, 0.3) is 0 Å². The summed E-state index contributed by atoms with van der Waals surface area (Å²) in [5.74, 6) is -0.982. The van der Waals surface area contributed by atoms with Crippen LogP contribution < -0.4 is 0 Å². The molecule has 0 fully saturated rings. The average Bonchev–Trinajstić information content (AvgIpc) is 2.37. The normalized spacial score (nSPS) is 10.8. The van der Waals surface area contributed by atoms with E-state index in [1.807, 2.05) is 19.0 Å². The van der Waals surface area contributed by atoms with Crippen molar-refractivity contribution < 1.29 is 14.7 Å². The van der Waals surface area contributed by atoms with Gasteiger partial charge in [-0.1, -0.05) is 39.0 Å².